The van der Waals surface area contributed by atoms with Crippen LogP contribution in [0.5, 0.6) is 11.5 Å². The molecule has 7 nitrogen and oxygen atoms in total. The summed E-state index contributed by atoms with van der Waals surface area (Å²) in [6.45, 7) is 0. The van der Waals surface area contributed by atoms with Gasteiger partial charge < -0.3 is 19.7 Å². The summed E-state index contributed by atoms with van der Waals surface area (Å²) in [6.07, 6.45) is -1.48. The molecule has 0 heterocycles. The fourth-order valence-electron chi connectivity index (χ4n) is 1.49. The van der Waals surface area contributed by atoms with Crippen molar-refractivity contribution in [3.05, 3.63) is 59.7 Å². The quantitative estimate of drug-likeness (QED) is 0.646. The van der Waals surface area contributed by atoms with E-state index in [4.69, 9.17) is 10.2 Å². The van der Waals surface area contributed by atoms with Crippen molar-refractivity contribution < 1.29 is 34.1 Å². The number of phenolic OH excluding ortho intramolecular Hbond substituents is 2. The number of phenols is 2. The van der Waals surface area contributed by atoms with E-state index in [9.17, 15) is 14.4 Å². The normalized spacial score (nSPS) is 9.82. The summed E-state index contributed by atoms with van der Waals surface area (Å²) in [5.41, 5.74) is 0.0127. The van der Waals surface area contributed by atoms with Gasteiger partial charge in [-0.3, -0.25) is 0 Å². The molecule has 0 spiro atoms. The van der Waals surface area contributed by atoms with Crippen molar-refractivity contribution >= 4 is 18.1 Å². The predicted molar refractivity (Wildman–Crippen MR) is 72.4 cm³/mol. The zero-order chi connectivity index (χ0) is 16.1. The number of carbonyl (C=O) groups excluding carboxylic acids is 3. The molecule has 22 heavy (non-hydrogen) atoms. The van der Waals surface area contributed by atoms with Crippen molar-refractivity contribution in [1.82, 2.24) is 0 Å². The van der Waals surface area contributed by atoms with Gasteiger partial charge in [-0.25, -0.2) is 14.4 Å². The van der Waals surface area contributed by atoms with Crippen LogP contribution in [-0.4, -0.2) is 28.3 Å². The van der Waals surface area contributed by atoms with Crippen LogP contribution in [0.3, 0.4) is 0 Å². The van der Waals surface area contributed by atoms with Gasteiger partial charge in [-0.05, 0) is 48.5 Å². The average molecular weight is 302 g/mol. The highest BCUT2D eigenvalue weighted by molar-refractivity contribution is 6.00. The molecule has 2 aromatic carbocycles. The van der Waals surface area contributed by atoms with Gasteiger partial charge in [0.1, 0.15) is 11.5 Å². The maximum atomic E-state index is 11.6. The number of ether oxygens (including phenoxy) is 2. The van der Waals surface area contributed by atoms with Gasteiger partial charge in [0.2, 0.25) is 0 Å². The third-order valence-electron chi connectivity index (χ3n) is 2.56. The first kappa shape index (κ1) is 15.0. The van der Waals surface area contributed by atoms with Gasteiger partial charge in [0.05, 0.1) is 11.1 Å². The Morgan fingerprint density at radius 3 is 1.27 bits per heavy atom. The Kier molecular flexibility index (Phi) is 4.38. The standard InChI is InChI=1S/C15H10O7/c16-11-5-1-9(2-6-11)13(18)21-15(20)22-14(19)10-3-7-12(17)8-4-10/h1-8,16-17H. The molecule has 7 heteroatoms. The summed E-state index contributed by atoms with van der Waals surface area (Å²) in [5.74, 6) is -2.16. The topological polar surface area (TPSA) is 110 Å². The number of hydrogen-bond acceptors (Lipinski definition) is 7. The van der Waals surface area contributed by atoms with Crippen molar-refractivity contribution in [1.29, 1.82) is 0 Å². The van der Waals surface area contributed by atoms with Gasteiger partial charge in [-0.1, -0.05) is 0 Å². The lowest BCUT2D eigenvalue weighted by Crippen LogP contribution is -2.18. The number of aromatic hydroxyl groups is 2. The van der Waals surface area contributed by atoms with E-state index >= 15 is 0 Å². The number of benzene rings is 2. The SMILES string of the molecule is O=C(OC(=O)c1ccc(O)cc1)OC(=O)c1ccc(O)cc1. The molecule has 0 saturated heterocycles. The number of esters is 2. The van der Waals surface area contributed by atoms with Crippen LogP contribution in [0.15, 0.2) is 48.5 Å². The lowest BCUT2D eigenvalue weighted by Gasteiger charge is -2.04. The van der Waals surface area contributed by atoms with E-state index in [-0.39, 0.29) is 22.6 Å². The summed E-state index contributed by atoms with van der Waals surface area (Å²) in [5, 5.41) is 18.2. The average Bonchev–Trinajstić information content (AvgIpc) is 2.48. The highest BCUT2D eigenvalue weighted by Gasteiger charge is 2.18. The van der Waals surface area contributed by atoms with Crippen molar-refractivity contribution in [2.24, 2.45) is 0 Å². The highest BCUT2D eigenvalue weighted by Crippen LogP contribution is 2.12. The van der Waals surface area contributed by atoms with Crippen LogP contribution in [0.1, 0.15) is 20.7 Å². The molecule has 0 amide bonds. The molecule has 0 aliphatic heterocycles. The van der Waals surface area contributed by atoms with E-state index < -0.39 is 18.1 Å². The van der Waals surface area contributed by atoms with Gasteiger partial charge >= 0.3 is 18.1 Å². The lowest BCUT2D eigenvalue weighted by molar-refractivity contribution is 0.0338. The number of rotatable bonds is 2. The first-order valence-corrected chi connectivity index (χ1v) is 6.02. The Bertz CT molecular complexity index is 640. The van der Waals surface area contributed by atoms with Gasteiger partial charge in [0, 0.05) is 0 Å². The minimum absolute atomic E-state index is 0.00633. The highest BCUT2D eigenvalue weighted by atomic mass is 16.8. The second-order valence-corrected chi connectivity index (χ2v) is 4.12. The van der Waals surface area contributed by atoms with Crippen LogP contribution in [0.4, 0.5) is 4.79 Å². The molecular weight excluding hydrogens is 292 g/mol. The molecular formula is C15H10O7. The van der Waals surface area contributed by atoms with Crippen molar-refractivity contribution in [3.63, 3.8) is 0 Å². The first-order valence-electron chi connectivity index (χ1n) is 6.02. The fourth-order valence-corrected chi connectivity index (χ4v) is 1.49. The van der Waals surface area contributed by atoms with Crippen LogP contribution in [0.2, 0.25) is 0 Å². The molecule has 112 valence electrons. The number of hydrogen-bond donors (Lipinski definition) is 2. The van der Waals surface area contributed by atoms with Crippen LogP contribution >= 0.6 is 0 Å². The second kappa shape index (κ2) is 6.40. The van der Waals surface area contributed by atoms with Crippen molar-refractivity contribution in [2.75, 3.05) is 0 Å². The van der Waals surface area contributed by atoms with Crippen LogP contribution in [0.25, 0.3) is 0 Å². The minimum Gasteiger partial charge on any atom is -0.508 e. The summed E-state index contributed by atoms with van der Waals surface area (Å²) in [7, 11) is 0. The Balaban J connectivity index is 1.95. The molecule has 0 unspecified atom stereocenters. The molecule has 0 aromatic heterocycles. The fraction of sp³-hybridized carbons (Fsp3) is 0. The monoisotopic (exact) mass is 302 g/mol. The lowest BCUT2D eigenvalue weighted by atomic mass is 10.2. The van der Waals surface area contributed by atoms with E-state index in [1.807, 2.05) is 0 Å². The smallest absolute Gasteiger partial charge is 0.508 e. The Hall–Kier alpha value is -3.35. The minimum atomic E-state index is -1.48. The molecule has 0 bridgehead atoms. The van der Waals surface area contributed by atoms with Crippen molar-refractivity contribution in [2.45, 2.75) is 0 Å². The van der Waals surface area contributed by atoms with Gasteiger partial charge in [-0.2, -0.15) is 0 Å². The third-order valence-corrected chi connectivity index (χ3v) is 2.56. The van der Waals surface area contributed by atoms with Crippen LogP contribution in [-0.2, 0) is 9.47 Å². The molecule has 0 atom stereocenters. The van der Waals surface area contributed by atoms with Gasteiger partial charge in [0.25, 0.3) is 0 Å². The first-order chi connectivity index (χ1) is 10.5. The summed E-state index contributed by atoms with van der Waals surface area (Å²) < 4.78 is 8.68. The van der Waals surface area contributed by atoms with E-state index in [2.05, 4.69) is 9.47 Å². The molecule has 0 fully saturated rings. The second-order valence-electron chi connectivity index (χ2n) is 4.12. The molecule has 2 rings (SSSR count). The zero-order valence-corrected chi connectivity index (χ0v) is 11.1. The van der Waals surface area contributed by atoms with E-state index in [1.54, 1.807) is 0 Å². The predicted octanol–water partition coefficient (Wildman–Crippen LogP) is 2.23. The van der Waals surface area contributed by atoms with E-state index in [0.717, 1.165) is 0 Å². The van der Waals surface area contributed by atoms with Crippen LogP contribution in [0, 0.1) is 0 Å². The van der Waals surface area contributed by atoms with Gasteiger partial charge in [-0.15, -0.1) is 0 Å². The largest absolute Gasteiger partial charge is 0.524 e. The summed E-state index contributed by atoms with van der Waals surface area (Å²) >= 11 is 0. The Morgan fingerprint density at radius 1 is 0.636 bits per heavy atom. The third kappa shape index (κ3) is 3.83. The molecule has 2 aromatic rings. The summed E-state index contributed by atoms with van der Waals surface area (Å²) in [4.78, 5) is 34.5. The van der Waals surface area contributed by atoms with E-state index in [1.165, 1.54) is 48.5 Å². The molecule has 0 saturated carbocycles. The van der Waals surface area contributed by atoms with E-state index in [0.29, 0.717) is 0 Å². The molecule has 0 aliphatic rings. The number of carbonyl (C=O) groups is 3. The molecule has 2 N–H and O–H groups in total. The molecule has 0 radical (unpaired) electrons. The van der Waals surface area contributed by atoms with Crippen LogP contribution < -0.4 is 0 Å². The maximum absolute atomic E-state index is 11.6. The summed E-state index contributed by atoms with van der Waals surface area (Å²) in [6, 6.07) is 9.93. The van der Waals surface area contributed by atoms with Crippen molar-refractivity contribution in [3.8, 4) is 11.5 Å². The Labute approximate surface area is 124 Å². The Morgan fingerprint density at radius 2 is 0.955 bits per heavy atom. The van der Waals surface area contributed by atoms with Gasteiger partial charge in [0.15, 0.2) is 0 Å². The maximum Gasteiger partial charge on any atom is 0.524 e. The molecule has 0 aliphatic carbocycles. The zero-order valence-electron chi connectivity index (χ0n) is 11.1.